The van der Waals surface area contributed by atoms with Crippen LogP contribution in [0.4, 0.5) is 20.2 Å². The van der Waals surface area contributed by atoms with Gasteiger partial charge in [0.1, 0.15) is 23.9 Å². The molecule has 0 saturated carbocycles. The highest BCUT2D eigenvalue weighted by atomic mass is 19.1. The van der Waals surface area contributed by atoms with E-state index in [0.29, 0.717) is 5.69 Å². The van der Waals surface area contributed by atoms with Crippen molar-refractivity contribution in [3.05, 3.63) is 59.7 Å². The Labute approximate surface area is 174 Å². The molecule has 0 atom stereocenters. The summed E-state index contributed by atoms with van der Waals surface area (Å²) in [5.74, 6) is -3.19. The summed E-state index contributed by atoms with van der Waals surface area (Å²) >= 11 is 0. The predicted molar refractivity (Wildman–Crippen MR) is 111 cm³/mol. The fourth-order valence-electron chi connectivity index (χ4n) is 2.53. The number of carbonyl (C=O) groups excluding carboxylic acids is 3. The van der Waals surface area contributed by atoms with Gasteiger partial charge in [-0.2, -0.15) is 0 Å². The van der Waals surface area contributed by atoms with E-state index >= 15 is 0 Å². The van der Waals surface area contributed by atoms with Crippen LogP contribution in [0.15, 0.2) is 42.5 Å². The van der Waals surface area contributed by atoms with Crippen molar-refractivity contribution in [1.29, 1.82) is 0 Å². The number of rotatable bonds is 6. The molecule has 2 rings (SSSR count). The molecule has 0 radical (unpaired) electrons. The second-order valence-corrected chi connectivity index (χ2v) is 7.75. The number of nitrogens with one attached hydrogen (secondary N) is 2. The maximum Gasteiger partial charge on any atom is 0.254 e. The summed E-state index contributed by atoms with van der Waals surface area (Å²) in [6.07, 6.45) is 0. The zero-order chi connectivity index (χ0) is 22.5. The Balaban J connectivity index is 2.11. The van der Waals surface area contributed by atoms with Crippen LogP contribution in [0.1, 0.15) is 38.1 Å². The topological polar surface area (TPSA) is 78.5 Å². The van der Waals surface area contributed by atoms with Crippen LogP contribution in [0, 0.1) is 17.0 Å². The van der Waals surface area contributed by atoms with Gasteiger partial charge in [-0.25, -0.2) is 8.78 Å². The second-order valence-electron chi connectivity index (χ2n) is 7.75. The molecule has 0 unspecified atom stereocenters. The molecular formula is C22H25F2N3O3. The van der Waals surface area contributed by atoms with Gasteiger partial charge < -0.3 is 15.5 Å². The number of para-hydroxylation sites is 1. The van der Waals surface area contributed by atoms with Crippen LogP contribution < -0.4 is 10.6 Å². The van der Waals surface area contributed by atoms with Gasteiger partial charge in [0.2, 0.25) is 11.8 Å². The van der Waals surface area contributed by atoms with Crippen molar-refractivity contribution in [2.24, 2.45) is 5.41 Å². The first-order valence-electron chi connectivity index (χ1n) is 9.47. The molecule has 6 nitrogen and oxygen atoms in total. The molecule has 0 heterocycles. The maximum absolute atomic E-state index is 13.7. The van der Waals surface area contributed by atoms with Gasteiger partial charge in [0.15, 0.2) is 0 Å². The van der Waals surface area contributed by atoms with Crippen LogP contribution in [0.25, 0.3) is 0 Å². The summed E-state index contributed by atoms with van der Waals surface area (Å²) < 4.78 is 27.4. The van der Waals surface area contributed by atoms with Crippen LogP contribution in [0.5, 0.6) is 0 Å². The first kappa shape index (κ1) is 23.0. The fraction of sp³-hybridized carbons (Fsp3) is 0.318. The molecule has 0 aliphatic carbocycles. The lowest BCUT2D eigenvalue weighted by molar-refractivity contribution is -0.123. The van der Waals surface area contributed by atoms with Gasteiger partial charge in [-0.1, -0.05) is 32.9 Å². The summed E-state index contributed by atoms with van der Waals surface area (Å²) in [6.45, 7) is 6.81. The van der Waals surface area contributed by atoms with Crippen molar-refractivity contribution in [2.45, 2.75) is 27.7 Å². The number of hydrogen-bond acceptors (Lipinski definition) is 3. The van der Waals surface area contributed by atoms with E-state index in [1.54, 1.807) is 45.9 Å². The number of anilines is 2. The third kappa shape index (κ3) is 5.85. The molecule has 160 valence electrons. The Morgan fingerprint density at radius 2 is 1.57 bits per heavy atom. The Morgan fingerprint density at radius 1 is 0.967 bits per heavy atom. The molecule has 0 aliphatic heterocycles. The molecule has 2 N–H and O–H groups in total. The van der Waals surface area contributed by atoms with Gasteiger partial charge in [0, 0.05) is 23.2 Å². The smallest absolute Gasteiger partial charge is 0.254 e. The Morgan fingerprint density at radius 3 is 2.13 bits per heavy atom. The molecule has 0 spiro atoms. The number of nitrogens with zero attached hydrogens (tertiary/aromatic N) is 1. The number of halogens is 2. The van der Waals surface area contributed by atoms with E-state index in [1.807, 2.05) is 0 Å². The van der Waals surface area contributed by atoms with Crippen molar-refractivity contribution in [3.63, 3.8) is 0 Å². The van der Waals surface area contributed by atoms with Crippen molar-refractivity contribution in [2.75, 3.05) is 23.7 Å². The molecule has 0 aliphatic rings. The van der Waals surface area contributed by atoms with Gasteiger partial charge in [0.25, 0.3) is 5.91 Å². The molecule has 0 aromatic heterocycles. The largest absolute Gasteiger partial charge is 0.330 e. The zero-order valence-corrected chi connectivity index (χ0v) is 17.4. The highest BCUT2D eigenvalue weighted by molar-refractivity contribution is 6.01. The van der Waals surface area contributed by atoms with Crippen LogP contribution in [0.2, 0.25) is 0 Å². The van der Waals surface area contributed by atoms with Crippen molar-refractivity contribution in [1.82, 2.24) is 4.90 Å². The van der Waals surface area contributed by atoms with Gasteiger partial charge in [-0.15, -0.1) is 0 Å². The second kappa shape index (κ2) is 9.47. The quantitative estimate of drug-likeness (QED) is 0.744. The maximum atomic E-state index is 13.7. The predicted octanol–water partition coefficient (Wildman–Crippen LogP) is 4.05. The number of likely N-dealkylation sites (N-methyl/N-ethyl adjacent to an activating group) is 1. The minimum absolute atomic E-state index is 0.199. The van der Waals surface area contributed by atoms with E-state index in [-0.39, 0.29) is 24.6 Å². The van der Waals surface area contributed by atoms with Crippen molar-refractivity contribution in [3.8, 4) is 0 Å². The molecule has 2 aromatic rings. The lowest BCUT2D eigenvalue weighted by Gasteiger charge is -2.21. The molecule has 0 fully saturated rings. The zero-order valence-electron chi connectivity index (χ0n) is 17.4. The van der Waals surface area contributed by atoms with Gasteiger partial charge in [-0.05, 0) is 37.3 Å². The summed E-state index contributed by atoms with van der Waals surface area (Å²) in [6, 6.07) is 9.60. The highest BCUT2D eigenvalue weighted by Gasteiger charge is 2.23. The molecule has 0 bridgehead atoms. The van der Waals surface area contributed by atoms with Crippen molar-refractivity contribution >= 4 is 29.1 Å². The van der Waals surface area contributed by atoms with E-state index in [0.717, 1.165) is 12.1 Å². The van der Waals surface area contributed by atoms with E-state index in [1.165, 1.54) is 17.0 Å². The van der Waals surface area contributed by atoms with Crippen LogP contribution in [-0.4, -0.2) is 35.7 Å². The SMILES string of the molecule is CCN(CC(=O)Nc1c(F)cccc1F)C(=O)c1cccc(NC(=O)C(C)(C)C)c1. The lowest BCUT2D eigenvalue weighted by atomic mass is 9.95. The van der Waals surface area contributed by atoms with Crippen LogP contribution in [0.3, 0.4) is 0 Å². The molecule has 0 saturated heterocycles. The molecule has 30 heavy (non-hydrogen) atoms. The first-order valence-corrected chi connectivity index (χ1v) is 9.47. The van der Waals surface area contributed by atoms with Crippen LogP contribution in [-0.2, 0) is 9.59 Å². The van der Waals surface area contributed by atoms with Gasteiger partial charge >= 0.3 is 0 Å². The lowest BCUT2D eigenvalue weighted by Crippen LogP contribution is -2.38. The monoisotopic (exact) mass is 417 g/mol. The Kier molecular flexibility index (Phi) is 7.26. The van der Waals surface area contributed by atoms with E-state index in [2.05, 4.69) is 10.6 Å². The van der Waals surface area contributed by atoms with E-state index < -0.39 is 34.6 Å². The normalized spacial score (nSPS) is 11.0. The number of hydrogen-bond donors (Lipinski definition) is 2. The summed E-state index contributed by atoms with van der Waals surface area (Å²) in [4.78, 5) is 38.5. The molecule has 3 amide bonds. The Bertz CT molecular complexity index is 935. The third-order valence-electron chi connectivity index (χ3n) is 4.28. The van der Waals surface area contributed by atoms with Crippen LogP contribution >= 0.6 is 0 Å². The van der Waals surface area contributed by atoms with E-state index in [9.17, 15) is 23.2 Å². The minimum Gasteiger partial charge on any atom is -0.330 e. The molecule has 8 heteroatoms. The average Bonchev–Trinajstić information content (AvgIpc) is 2.68. The Hall–Kier alpha value is -3.29. The summed E-state index contributed by atoms with van der Waals surface area (Å²) in [5, 5.41) is 4.91. The minimum atomic E-state index is -0.903. The van der Waals surface area contributed by atoms with E-state index in [4.69, 9.17) is 0 Å². The summed E-state index contributed by atoms with van der Waals surface area (Å²) in [5.41, 5.74) is -0.434. The average molecular weight is 417 g/mol. The molecule has 2 aromatic carbocycles. The molecular weight excluding hydrogens is 392 g/mol. The number of benzene rings is 2. The number of amides is 3. The number of carbonyl (C=O) groups is 3. The highest BCUT2D eigenvalue weighted by Crippen LogP contribution is 2.20. The van der Waals surface area contributed by atoms with Gasteiger partial charge in [0.05, 0.1) is 0 Å². The fourth-order valence-corrected chi connectivity index (χ4v) is 2.53. The summed E-state index contributed by atoms with van der Waals surface area (Å²) in [7, 11) is 0. The standard InChI is InChI=1S/C22H25F2N3O3/c1-5-27(13-18(28)26-19-16(23)10-7-11-17(19)24)20(29)14-8-6-9-15(12-14)25-21(30)22(2,3)4/h6-12H,5,13H2,1-4H3,(H,25,30)(H,26,28). The first-order chi connectivity index (χ1) is 14.0. The third-order valence-corrected chi connectivity index (χ3v) is 4.28. The van der Waals surface area contributed by atoms with Gasteiger partial charge in [-0.3, -0.25) is 14.4 Å². The van der Waals surface area contributed by atoms with Crippen molar-refractivity contribution < 1.29 is 23.2 Å².